The lowest BCUT2D eigenvalue weighted by atomic mass is 10.0. The third-order valence-electron chi connectivity index (χ3n) is 6.58. The molecule has 1 aromatic heterocycles. The van der Waals surface area contributed by atoms with Gasteiger partial charge in [0.1, 0.15) is 11.5 Å². The molecule has 2 aliphatic rings. The van der Waals surface area contributed by atoms with Gasteiger partial charge in [-0.05, 0) is 38.3 Å². The number of nitrogens with zero attached hydrogens (tertiary/aromatic N) is 2. The fourth-order valence-electron chi connectivity index (χ4n) is 4.54. The summed E-state index contributed by atoms with van der Waals surface area (Å²) in [5, 5.41) is 3.55. The third kappa shape index (κ3) is 3.01. The van der Waals surface area contributed by atoms with Gasteiger partial charge in [-0.1, -0.05) is 30.3 Å². The summed E-state index contributed by atoms with van der Waals surface area (Å²) < 4.78 is 33.0. The molecule has 0 amide bonds. The van der Waals surface area contributed by atoms with Gasteiger partial charge in [-0.15, -0.1) is 0 Å². The first-order valence-electron chi connectivity index (χ1n) is 10.5. The number of rotatable bonds is 3. The fraction of sp³-hybridized carbons (Fsp3) is 0.375. The Bertz CT molecular complexity index is 1180. The average Bonchev–Trinajstić information content (AvgIpc) is 3.50. The van der Waals surface area contributed by atoms with E-state index >= 15 is 8.78 Å². The van der Waals surface area contributed by atoms with Crippen LogP contribution in [0.25, 0.3) is 10.9 Å². The molecule has 5 rings (SSSR count). The van der Waals surface area contributed by atoms with Gasteiger partial charge < -0.3 is 14.8 Å². The zero-order valence-electron chi connectivity index (χ0n) is 17.2. The number of pyridine rings is 1. The van der Waals surface area contributed by atoms with E-state index in [1.54, 1.807) is 18.0 Å². The second-order valence-corrected chi connectivity index (χ2v) is 8.79. The van der Waals surface area contributed by atoms with E-state index in [1.165, 1.54) is 6.07 Å². The van der Waals surface area contributed by atoms with Crippen LogP contribution in [0.2, 0.25) is 0 Å². The second-order valence-electron chi connectivity index (χ2n) is 8.79. The van der Waals surface area contributed by atoms with Crippen LogP contribution in [0.1, 0.15) is 36.9 Å². The average molecular weight is 409 g/mol. The summed E-state index contributed by atoms with van der Waals surface area (Å²) in [4.78, 5) is 14.5. The van der Waals surface area contributed by atoms with Gasteiger partial charge in [0.25, 0.3) is 0 Å². The third-order valence-corrected chi connectivity index (χ3v) is 6.58. The van der Waals surface area contributed by atoms with Gasteiger partial charge in [0.15, 0.2) is 11.2 Å². The molecule has 0 radical (unpaired) electrons. The van der Waals surface area contributed by atoms with Crippen LogP contribution in [-0.4, -0.2) is 24.2 Å². The van der Waals surface area contributed by atoms with Crippen LogP contribution in [0.5, 0.6) is 0 Å². The lowest BCUT2D eigenvalue weighted by molar-refractivity contribution is 0.458. The normalized spacial score (nSPS) is 20.5. The molecule has 1 unspecified atom stereocenters. The summed E-state index contributed by atoms with van der Waals surface area (Å²) in [7, 11) is 0. The van der Waals surface area contributed by atoms with Crippen LogP contribution in [0.3, 0.4) is 0 Å². The van der Waals surface area contributed by atoms with Gasteiger partial charge in [0.2, 0.25) is 0 Å². The Morgan fingerprint density at radius 3 is 2.60 bits per heavy atom. The molecule has 0 bridgehead atoms. The van der Waals surface area contributed by atoms with E-state index in [9.17, 15) is 4.79 Å². The number of anilines is 1. The standard InChI is InChI=1S/C24H25F2N3O/c1-15-13-29(24(2)8-9-24)21-17(23(15)30)12-18(25)22(20(21)26)28-11-10-27-19(14-28)16-6-4-3-5-7-16/h3-7,12-13,19,27H,8-11,14H2,1-2H3. The maximum Gasteiger partial charge on any atom is 0.192 e. The van der Waals surface area contributed by atoms with Crippen LogP contribution < -0.4 is 15.6 Å². The first-order valence-corrected chi connectivity index (χ1v) is 10.5. The predicted octanol–water partition coefficient (Wildman–Crippen LogP) is 4.25. The van der Waals surface area contributed by atoms with Gasteiger partial charge in [-0.3, -0.25) is 4.79 Å². The number of halogens is 2. The van der Waals surface area contributed by atoms with Crippen molar-refractivity contribution in [2.45, 2.75) is 38.3 Å². The van der Waals surface area contributed by atoms with E-state index < -0.39 is 11.6 Å². The number of aryl methyl sites for hydroxylation is 1. The molecule has 3 aromatic rings. The molecule has 1 N–H and O–H groups in total. The van der Waals surface area contributed by atoms with Crippen LogP contribution in [0.15, 0.2) is 47.4 Å². The quantitative estimate of drug-likeness (QED) is 0.703. The lowest BCUT2D eigenvalue weighted by Crippen LogP contribution is -2.46. The van der Waals surface area contributed by atoms with E-state index in [0.717, 1.165) is 18.4 Å². The monoisotopic (exact) mass is 409 g/mol. The van der Waals surface area contributed by atoms with Crippen molar-refractivity contribution in [2.24, 2.45) is 0 Å². The SMILES string of the molecule is Cc1cn(C2(C)CC2)c2c(F)c(N3CCNC(c4ccccc4)C3)c(F)cc2c1=O. The van der Waals surface area contributed by atoms with Crippen molar-refractivity contribution in [3.63, 3.8) is 0 Å². The largest absolute Gasteiger partial charge is 0.364 e. The molecular weight excluding hydrogens is 384 g/mol. The highest BCUT2D eigenvalue weighted by Crippen LogP contribution is 2.45. The Morgan fingerprint density at radius 1 is 1.17 bits per heavy atom. The van der Waals surface area contributed by atoms with E-state index in [1.807, 2.05) is 34.9 Å². The smallest absolute Gasteiger partial charge is 0.192 e. The van der Waals surface area contributed by atoms with Crippen molar-refractivity contribution >= 4 is 16.6 Å². The minimum Gasteiger partial charge on any atom is -0.364 e. The zero-order chi connectivity index (χ0) is 21.0. The molecule has 2 aromatic carbocycles. The Hall–Kier alpha value is -2.73. The molecule has 1 atom stereocenters. The van der Waals surface area contributed by atoms with E-state index in [2.05, 4.69) is 12.2 Å². The van der Waals surface area contributed by atoms with Crippen LogP contribution >= 0.6 is 0 Å². The molecule has 4 nitrogen and oxygen atoms in total. The van der Waals surface area contributed by atoms with E-state index in [4.69, 9.17) is 0 Å². The van der Waals surface area contributed by atoms with Crippen molar-refractivity contribution < 1.29 is 8.78 Å². The van der Waals surface area contributed by atoms with Crippen LogP contribution in [0, 0.1) is 18.6 Å². The zero-order valence-corrected chi connectivity index (χ0v) is 17.2. The molecule has 2 heterocycles. The predicted molar refractivity (Wildman–Crippen MR) is 115 cm³/mol. The van der Waals surface area contributed by atoms with Crippen LogP contribution in [-0.2, 0) is 5.54 Å². The maximum atomic E-state index is 15.9. The molecule has 156 valence electrons. The summed E-state index contributed by atoms with van der Waals surface area (Å²) in [5.74, 6) is -1.31. The van der Waals surface area contributed by atoms with Gasteiger partial charge in [0, 0.05) is 43.0 Å². The highest BCUT2D eigenvalue weighted by Gasteiger charge is 2.41. The first-order chi connectivity index (χ1) is 14.4. The number of benzene rings is 2. The topological polar surface area (TPSA) is 37.3 Å². The van der Waals surface area contributed by atoms with Crippen molar-refractivity contribution in [1.29, 1.82) is 0 Å². The van der Waals surface area contributed by atoms with Gasteiger partial charge >= 0.3 is 0 Å². The molecule has 1 saturated heterocycles. The molecule has 2 fully saturated rings. The Morgan fingerprint density at radius 2 is 1.90 bits per heavy atom. The maximum absolute atomic E-state index is 15.9. The minimum atomic E-state index is -0.677. The molecule has 1 aliphatic heterocycles. The minimum absolute atomic E-state index is 0.0180. The number of piperazine rings is 1. The Kier molecular flexibility index (Phi) is 4.43. The van der Waals surface area contributed by atoms with E-state index in [0.29, 0.717) is 25.2 Å². The van der Waals surface area contributed by atoms with Crippen LogP contribution in [0.4, 0.5) is 14.5 Å². The number of nitrogens with one attached hydrogen (secondary N) is 1. The molecule has 6 heteroatoms. The first kappa shape index (κ1) is 19.2. The Balaban J connectivity index is 1.65. The highest BCUT2D eigenvalue weighted by atomic mass is 19.1. The summed E-state index contributed by atoms with van der Waals surface area (Å²) in [6, 6.07) is 11.1. The van der Waals surface area contributed by atoms with Crippen molar-refractivity contribution in [1.82, 2.24) is 9.88 Å². The number of aromatic nitrogens is 1. The fourth-order valence-corrected chi connectivity index (χ4v) is 4.54. The summed E-state index contributed by atoms with van der Waals surface area (Å²) in [6.45, 7) is 5.32. The Labute approximate surface area is 174 Å². The lowest BCUT2D eigenvalue weighted by Gasteiger charge is -2.36. The number of hydrogen-bond donors (Lipinski definition) is 1. The molecular formula is C24H25F2N3O. The summed E-state index contributed by atoms with van der Waals surface area (Å²) >= 11 is 0. The number of fused-ring (bicyclic) bond motifs is 1. The van der Waals surface area contributed by atoms with Gasteiger partial charge in [-0.2, -0.15) is 0 Å². The summed E-state index contributed by atoms with van der Waals surface area (Å²) in [6.07, 6.45) is 3.56. The molecule has 30 heavy (non-hydrogen) atoms. The highest BCUT2D eigenvalue weighted by molar-refractivity contribution is 5.85. The second kappa shape index (κ2) is 6.91. The van der Waals surface area contributed by atoms with Gasteiger partial charge in [-0.25, -0.2) is 8.78 Å². The van der Waals surface area contributed by atoms with Crippen molar-refractivity contribution in [3.8, 4) is 0 Å². The van der Waals surface area contributed by atoms with Gasteiger partial charge in [0.05, 0.1) is 10.9 Å². The van der Waals surface area contributed by atoms with Crippen molar-refractivity contribution in [3.05, 3.63) is 75.6 Å². The summed E-state index contributed by atoms with van der Waals surface area (Å²) in [5.41, 5.74) is 1.25. The van der Waals surface area contributed by atoms with E-state index in [-0.39, 0.29) is 33.6 Å². The molecule has 1 saturated carbocycles. The molecule has 1 aliphatic carbocycles. The van der Waals surface area contributed by atoms with Crippen molar-refractivity contribution in [2.75, 3.05) is 24.5 Å². The number of hydrogen-bond acceptors (Lipinski definition) is 3. The molecule has 0 spiro atoms.